The lowest BCUT2D eigenvalue weighted by Gasteiger charge is -2.07. The van der Waals surface area contributed by atoms with E-state index in [2.05, 4.69) is 15.9 Å². The minimum absolute atomic E-state index is 0.0135. The van der Waals surface area contributed by atoms with Gasteiger partial charge in [-0.3, -0.25) is 0 Å². The van der Waals surface area contributed by atoms with E-state index < -0.39 is 11.8 Å². The summed E-state index contributed by atoms with van der Waals surface area (Å²) in [5.74, 6) is -1.17. The maximum Gasteiger partial charge on any atom is 0.336 e. The molecule has 1 N–H and O–H groups in total. The van der Waals surface area contributed by atoms with Crippen LogP contribution in [0, 0.1) is 5.82 Å². The fourth-order valence-electron chi connectivity index (χ4n) is 1.59. The van der Waals surface area contributed by atoms with E-state index in [0.29, 0.717) is 11.3 Å². The average Bonchev–Trinajstić information content (AvgIpc) is 2.38. The zero-order valence-corrected chi connectivity index (χ0v) is 12.2. The minimum Gasteiger partial charge on any atom is -0.478 e. The van der Waals surface area contributed by atoms with Crippen molar-refractivity contribution in [3.8, 4) is 0 Å². The van der Waals surface area contributed by atoms with Gasteiger partial charge in [0.1, 0.15) is 5.82 Å². The smallest absolute Gasteiger partial charge is 0.336 e. The van der Waals surface area contributed by atoms with Gasteiger partial charge in [-0.2, -0.15) is 0 Å². The summed E-state index contributed by atoms with van der Waals surface area (Å²) in [6.07, 6.45) is 0. The molecule has 0 aromatic heterocycles. The number of thioether (sulfide) groups is 1. The van der Waals surface area contributed by atoms with E-state index in [0.717, 1.165) is 15.4 Å². The first kappa shape index (κ1) is 14.1. The van der Waals surface area contributed by atoms with Crippen molar-refractivity contribution < 1.29 is 14.3 Å². The first-order valence-electron chi connectivity index (χ1n) is 5.47. The molecular weight excluding hydrogens is 331 g/mol. The molecule has 0 saturated heterocycles. The molecule has 0 saturated carbocycles. The van der Waals surface area contributed by atoms with E-state index in [4.69, 9.17) is 5.11 Å². The van der Waals surface area contributed by atoms with Crippen molar-refractivity contribution in [2.24, 2.45) is 0 Å². The largest absolute Gasteiger partial charge is 0.478 e. The Hall–Kier alpha value is -1.33. The molecule has 19 heavy (non-hydrogen) atoms. The van der Waals surface area contributed by atoms with Crippen molar-refractivity contribution in [3.63, 3.8) is 0 Å². The molecule has 0 spiro atoms. The normalized spacial score (nSPS) is 10.4. The molecule has 5 heteroatoms. The van der Waals surface area contributed by atoms with E-state index in [1.54, 1.807) is 0 Å². The lowest BCUT2D eigenvalue weighted by molar-refractivity contribution is 0.0695. The molecule has 98 valence electrons. The molecule has 2 nitrogen and oxygen atoms in total. The van der Waals surface area contributed by atoms with Gasteiger partial charge in [-0.15, -0.1) is 11.8 Å². The van der Waals surface area contributed by atoms with Gasteiger partial charge in [0.2, 0.25) is 0 Å². The van der Waals surface area contributed by atoms with Crippen molar-refractivity contribution >= 4 is 33.7 Å². The van der Waals surface area contributed by atoms with Gasteiger partial charge in [-0.1, -0.05) is 18.2 Å². The Labute approximate surface area is 122 Å². The van der Waals surface area contributed by atoms with Crippen LogP contribution in [0.4, 0.5) is 4.39 Å². The molecule has 0 radical (unpaired) electrons. The number of rotatable bonds is 4. The van der Waals surface area contributed by atoms with Gasteiger partial charge in [0, 0.05) is 15.1 Å². The van der Waals surface area contributed by atoms with E-state index >= 15 is 0 Å². The summed E-state index contributed by atoms with van der Waals surface area (Å²) in [4.78, 5) is 12.1. The standard InChI is InChI=1S/C14H10BrFO2S/c15-12-3-1-2-4-13(12)19-8-9-5-6-10(16)7-11(9)14(17)18/h1-7H,8H2,(H,17,18). The number of hydrogen-bond donors (Lipinski definition) is 1. The Morgan fingerprint density at radius 1 is 1.26 bits per heavy atom. The quantitative estimate of drug-likeness (QED) is 0.827. The number of carboxylic acids is 1. The number of carboxylic acid groups (broad SMARTS) is 1. The maximum absolute atomic E-state index is 13.1. The second kappa shape index (κ2) is 6.21. The summed E-state index contributed by atoms with van der Waals surface area (Å²) < 4.78 is 14.0. The van der Waals surface area contributed by atoms with Crippen LogP contribution in [-0.2, 0) is 5.75 Å². The first-order chi connectivity index (χ1) is 9.08. The van der Waals surface area contributed by atoms with E-state index in [1.165, 1.54) is 23.9 Å². The van der Waals surface area contributed by atoms with Crippen LogP contribution in [0.2, 0.25) is 0 Å². The molecule has 2 aromatic rings. The third-order valence-electron chi connectivity index (χ3n) is 2.52. The van der Waals surface area contributed by atoms with Crippen LogP contribution >= 0.6 is 27.7 Å². The van der Waals surface area contributed by atoms with E-state index in [9.17, 15) is 9.18 Å². The number of halogens is 2. The van der Waals surface area contributed by atoms with Crippen molar-refractivity contribution in [1.82, 2.24) is 0 Å². The lowest BCUT2D eigenvalue weighted by Crippen LogP contribution is -2.02. The number of hydrogen-bond acceptors (Lipinski definition) is 2. The molecular formula is C14H10BrFO2S. The third-order valence-corrected chi connectivity index (χ3v) is 4.60. The Morgan fingerprint density at radius 3 is 2.68 bits per heavy atom. The van der Waals surface area contributed by atoms with Gasteiger partial charge in [-0.25, -0.2) is 9.18 Å². The summed E-state index contributed by atoms with van der Waals surface area (Å²) in [5.41, 5.74) is 0.620. The Morgan fingerprint density at radius 2 is 2.00 bits per heavy atom. The van der Waals surface area contributed by atoms with Crippen LogP contribution in [-0.4, -0.2) is 11.1 Å². The van der Waals surface area contributed by atoms with Crippen LogP contribution in [0.3, 0.4) is 0 Å². The molecule has 0 aliphatic rings. The van der Waals surface area contributed by atoms with Crippen molar-refractivity contribution in [3.05, 3.63) is 63.9 Å². The molecule has 0 atom stereocenters. The van der Waals surface area contributed by atoms with Gasteiger partial charge in [-0.05, 0) is 45.8 Å². The van der Waals surface area contributed by atoms with Crippen molar-refractivity contribution in [2.75, 3.05) is 0 Å². The van der Waals surface area contributed by atoms with Crippen molar-refractivity contribution in [2.45, 2.75) is 10.6 Å². The summed E-state index contributed by atoms with van der Waals surface area (Å²) in [5, 5.41) is 9.06. The molecule has 0 unspecified atom stereocenters. The topological polar surface area (TPSA) is 37.3 Å². The molecule has 0 fully saturated rings. The van der Waals surface area contributed by atoms with Crippen LogP contribution < -0.4 is 0 Å². The number of benzene rings is 2. The van der Waals surface area contributed by atoms with Gasteiger partial charge in [0.15, 0.2) is 0 Å². The Balaban J connectivity index is 2.20. The van der Waals surface area contributed by atoms with Crippen LogP contribution in [0.5, 0.6) is 0 Å². The highest BCUT2D eigenvalue weighted by atomic mass is 79.9. The van der Waals surface area contributed by atoms with Crippen LogP contribution in [0.1, 0.15) is 15.9 Å². The summed E-state index contributed by atoms with van der Waals surface area (Å²) in [7, 11) is 0. The fourth-order valence-corrected chi connectivity index (χ4v) is 3.16. The molecule has 2 aromatic carbocycles. The van der Waals surface area contributed by atoms with Gasteiger partial charge >= 0.3 is 5.97 Å². The van der Waals surface area contributed by atoms with Gasteiger partial charge in [0.25, 0.3) is 0 Å². The second-order valence-electron chi connectivity index (χ2n) is 3.83. The highest BCUT2D eigenvalue weighted by Crippen LogP contribution is 2.30. The number of carbonyl (C=O) groups is 1. The molecule has 2 rings (SSSR count). The van der Waals surface area contributed by atoms with E-state index in [1.807, 2.05) is 24.3 Å². The maximum atomic E-state index is 13.1. The lowest BCUT2D eigenvalue weighted by atomic mass is 10.1. The Bertz CT molecular complexity index is 616. The predicted molar refractivity (Wildman–Crippen MR) is 77.1 cm³/mol. The highest BCUT2D eigenvalue weighted by Gasteiger charge is 2.12. The van der Waals surface area contributed by atoms with Crippen molar-refractivity contribution in [1.29, 1.82) is 0 Å². The molecule has 0 amide bonds. The minimum atomic E-state index is -1.11. The fraction of sp³-hybridized carbons (Fsp3) is 0.0714. The first-order valence-corrected chi connectivity index (χ1v) is 7.25. The Kier molecular flexibility index (Phi) is 4.61. The SMILES string of the molecule is O=C(O)c1cc(F)ccc1CSc1ccccc1Br. The summed E-state index contributed by atoms with van der Waals surface area (Å²) in [6.45, 7) is 0. The second-order valence-corrected chi connectivity index (χ2v) is 5.70. The summed E-state index contributed by atoms with van der Waals surface area (Å²) >= 11 is 4.94. The molecule has 0 heterocycles. The van der Waals surface area contributed by atoms with Gasteiger partial charge in [0.05, 0.1) is 5.56 Å². The predicted octanol–water partition coefficient (Wildman–Crippen LogP) is 4.58. The third kappa shape index (κ3) is 3.58. The van der Waals surface area contributed by atoms with E-state index in [-0.39, 0.29) is 5.56 Å². The van der Waals surface area contributed by atoms with Crippen LogP contribution in [0.15, 0.2) is 51.8 Å². The van der Waals surface area contributed by atoms with Gasteiger partial charge < -0.3 is 5.11 Å². The molecule has 0 aliphatic heterocycles. The highest BCUT2D eigenvalue weighted by molar-refractivity contribution is 9.10. The average molecular weight is 341 g/mol. The summed E-state index contributed by atoms with van der Waals surface area (Å²) in [6, 6.07) is 11.5. The molecule has 0 bridgehead atoms. The molecule has 0 aliphatic carbocycles. The zero-order chi connectivity index (χ0) is 13.8. The van der Waals surface area contributed by atoms with Crippen LogP contribution in [0.25, 0.3) is 0 Å². The number of aromatic carboxylic acids is 1. The monoisotopic (exact) mass is 340 g/mol. The zero-order valence-electron chi connectivity index (χ0n) is 9.77.